The van der Waals surface area contributed by atoms with Crippen molar-refractivity contribution in [1.29, 1.82) is 0 Å². The highest BCUT2D eigenvalue weighted by atomic mass is 32.2. The van der Waals surface area contributed by atoms with E-state index in [4.69, 9.17) is 5.14 Å². The predicted molar refractivity (Wildman–Crippen MR) is 122 cm³/mol. The number of aryl methyl sites for hydroxylation is 1. The van der Waals surface area contributed by atoms with Crippen molar-refractivity contribution in [3.8, 4) is 22.4 Å². The summed E-state index contributed by atoms with van der Waals surface area (Å²) >= 11 is 0. The number of sulfonamides is 1. The van der Waals surface area contributed by atoms with Gasteiger partial charge in [-0.25, -0.2) is 13.6 Å². The van der Waals surface area contributed by atoms with Crippen LogP contribution in [0.5, 0.6) is 0 Å². The van der Waals surface area contributed by atoms with Crippen LogP contribution in [-0.4, -0.2) is 36.1 Å². The van der Waals surface area contributed by atoms with Gasteiger partial charge in [-0.2, -0.15) is 5.10 Å². The van der Waals surface area contributed by atoms with Gasteiger partial charge >= 0.3 is 0 Å². The van der Waals surface area contributed by atoms with Crippen molar-refractivity contribution in [2.75, 3.05) is 11.9 Å². The number of amides is 1. The number of para-hydroxylation sites is 1. The van der Waals surface area contributed by atoms with Crippen molar-refractivity contribution in [2.45, 2.75) is 4.90 Å². The number of carbonyl (C=O) groups is 1. The fourth-order valence-corrected chi connectivity index (χ4v) is 4.01. The summed E-state index contributed by atoms with van der Waals surface area (Å²) < 4.78 is 24.8. The normalized spacial score (nSPS) is 11.3. The minimum Gasteiger partial charge on any atom is -0.310 e. The molecule has 0 saturated heterocycles. The molecule has 0 spiro atoms. The first kappa shape index (κ1) is 21.4. The van der Waals surface area contributed by atoms with Gasteiger partial charge < -0.3 is 4.90 Å². The maximum absolute atomic E-state index is 13.5. The van der Waals surface area contributed by atoms with Crippen LogP contribution in [0, 0.1) is 0 Å². The van der Waals surface area contributed by atoms with E-state index in [0.29, 0.717) is 22.5 Å². The Morgan fingerprint density at radius 2 is 1.56 bits per heavy atom. The first-order valence-electron chi connectivity index (χ1n) is 9.71. The van der Waals surface area contributed by atoms with Crippen LogP contribution < -0.4 is 10.0 Å². The molecule has 2 N–H and O–H groups in total. The number of rotatable bonds is 5. The Morgan fingerprint density at radius 1 is 0.938 bits per heavy atom. The van der Waals surface area contributed by atoms with Crippen LogP contribution in [0.4, 0.5) is 5.69 Å². The van der Waals surface area contributed by atoms with E-state index in [-0.39, 0.29) is 10.8 Å². The van der Waals surface area contributed by atoms with Crippen LogP contribution in [-0.2, 0) is 17.1 Å². The van der Waals surface area contributed by atoms with E-state index >= 15 is 0 Å². The van der Waals surface area contributed by atoms with E-state index in [1.54, 1.807) is 60.3 Å². The van der Waals surface area contributed by atoms with Crippen LogP contribution in [0.2, 0.25) is 0 Å². The third-order valence-corrected chi connectivity index (χ3v) is 6.05. The van der Waals surface area contributed by atoms with Gasteiger partial charge in [-0.1, -0.05) is 30.3 Å². The number of primary sulfonamides is 1. The highest BCUT2D eigenvalue weighted by molar-refractivity contribution is 7.89. The summed E-state index contributed by atoms with van der Waals surface area (Å²) in [6.07, 6.45) is 3.29. The average molecular weight is 448 g/mol. The zero-order valence-electron chi connectivity index (χ0n) is 17.5. The van der Waals surface area contributed by atoms with Gasteiger partial charge in [0.15, 0.2) is 0 Å². The summed E-state index contributed by atoms with van der Waals surface area (Å²) in [5, 5.41) is 9.83. The minimum atomic E-state index is -3.82. The van der Waals surface area contributed by atoms with Crippen LogP contribution in [0.1, 0.15) is 10.5 Å². The number of hydrogen-bond donors (Lipinski definition) is 1. The van der Waals surface area contributed by atoms with Gasteiger partial charge in [0, 0.05) is 43.3 Å². The smallest absolute Gasteiger partial charge is 0.276 e. The molecule has 32 heavy (non-hydrogen) atoms. The Morgan fingerprint density at radius 3 is 2.16 bits per heavy atom. The zero-order chi connectivity index (χ0) is 22.9. The molecule has 0 atom stereocenters. The van der Waals surface area contributed by atoms with Crippen molar-refractivity contribution in [3.05, 3.63) is 84.8 Å². The molecule has 0 aliphatic heterocycles. The summed E-state index contributed by atoms with van der Waals surface area (Å²) in [5.74, 6) is -0.231. The van der Waals surface area contributed by atoms with Crippen molar-refractivity contribution in [1.82, 2.24) is 14.8 Å². The van der Waals surface area contributed by atoms with Gasteiger partial charge in [-0.15, -0.1) is 0 Å². The number of aromatic nitrogens is 3. The molecule has 0 aliphatic rings. The lowest BCUT2D eigenvalue weighted by Gasteiger charge is -2.18. The monoisotopic (exact) mass is 447 g/mol. The molecule has 0 aliphatic carbocycles. The molecule has 0 radical (unpaired) electrons. The van der Waals surface area contributed by atoms with Gasteiger partial charge in [0.2, 0.25) is 10.0 Å². The lowest BCUT2D eigenvalue weighted by atomic mass is 9.99. The van der Waals surface area contributed by atoms with Crippen molar-refractivity contribution >= 4 is 21.6 Å². The molecule has 0 unspecified atom stereocenters. The lowest BCUT2D eigenvalue weighted by Crippen LogP contribution is -2.28. The van der Waals surface area contributed by atoms with Crippen LogP contribution in [0.25, 0.3) is 22.4 Å². The molecule has 0 fully saturated rings. The average Bonchev–Trinajstić information content (AvgIpc) is 3.15. The molecule has 4 rings (SSSR count). The number of benzene rings is 2. The van der Waals surface area contributed by atoms with Gasteiger partial charge in [-0.3, -0.25) is 14.5 Å². The molecule has 162 valence electrons. The van der Waals surface area contributed by atoms with E-state index in [2.05, 4.69) is 10.1 Å². The second-order valence-corrected chi connectivity index (χ2v) is 8.76. The largest absolute Gasteiger partial charge is 0.310 e. The molecule has 2 heterocycles. The SMILES string of the molecule is CN(C(=O)c1c(-c2ccncc2)c(-c2ccc(S(N)(=O)=O)cc2)nn1C)c1ccccc1. The zero-order valence-corrected chi connectivity index (χ0v) is 18.3. The molecule has 2 aromatic heterocycles. The molecular weight excluding hydrogens is 426 g/mol. The summed E-state index contributed by atoms with van der Waals surface area (Å²) in [6.45, 7) is 0. The number of nitrogens with two attached hydrogens (primary N) is 1. The van der Waals surface area contributed by atoms with E-state index in [1.807, 2.05) is 30.3 Å². The third kappa shape index (κ3) is 4.03. The Balaban J connectivity index is 1.89. The van der Waals surface area contributed by atoms with E-state index in [9.17, 15) is 13.2 Å². The number of anilines is 1. The van der Waals surface area contributed by atoms with Gasteiger partial charge in [0.05, 0.1) is 4.90 Å². The molecule has 1 amide bonds. The fraction of sp³-hybridized carbons (Fsp3) is 0.0870. The molecule has 0 saturated carbocycles. The fourth-order valence-electron chi connectivity index (χ4n) is 3.49. The molecule has 9 heteroatoms. The molecule has 8 nitrogen and oxygen atoms in total. The molecule has 4 aromatic rings. The molecule has 0 bridgehead atoms. The van der Waals surface area contributed by atoms with Gasteiger partial charge in [0.1, 0.15) is 11.4 Å². The quantitative estimate of drug-likeness (QED) is 0.505. The third-order valence-electron chi connectivity index (χ3n) is 5.12. The molecular formula is C23H21N5O3S. The van der Waals surface area contributed by atoms with Gasteiger partial charge in [-0.05, 0) is 42.0 Å². The predicted octanol–water partition coefficient (Wildman–Crippen LogP) is 3.07. The maximum Gasteiger partial charge on any atom is 0.276 e. The van der Waals surface area contributed by atoms with E-state index < -0.39 is 10.0 Å². The topological polar surface area (TPSA) is 111 Å². The van der Waals surface area contributed by atoms with Crippen LogP contribution >= 0.6 is 0 Å². The maximum atomic E-state index is 13.5. The van der Waals surface area contributed by atoms with Crippen molar-refractivity contribution in [3.63, 3.8) is 0 Å². The van der Waals surface area contributed by atoms with E-state index in [0.717, 1.165) is 11.3 Å². The van der Waals surface area contributed by atoms with Crippen LogP contribution in [0.15, 0.2) is 84.0 Å². The summed E-state index contributed by atoms with van der Waals surface area (Å²) in [6, 6.07) is 19.0. The Bertz CT molecular complexity index is 1370. The number of carbonyl (C=O) groups excluding carboxylic acids is 1. The summed E-state index contributed by atoms with van der Waals surface area (Å²) in [7, 11) is -0.400. The van der Waals surface area contributed by atoms with Gasteiger partial charge in [0.25, 0.3) is 5.91 Å². The number of hydrogen-bond acceptors (Lipinski definition) is 5. The Labute approximate surface area is 186 Å². The number of nitrogens with zero attached hydrogens (tertiary/aromatic N) is 4. The van der Waals surface area contributed by atoms with Crippen molar-refractivity contribution in [2.24, 2.45) is 12.2 Å². The van der Waals surface area contributed by atoms with Crippen LogP contribution in [0.3, 0.4) is 0 Å². The standard InChI is InChI=1S/C23H21N5O3S/c1-27(18-6-4-3-5-7-18)23(29)22-20(16-12-14-25-15-13-16)21(26-28(22)2)17-8-10-19(11-9-17)32(24,30)31/h3-15H,1-2H3,(H2,24,30,31). The minimum absolute atomic E-state index is 0.00255. The number of pyridine rings is 1. The summed E-state index contributed by atoms with van der Waals surface area (Å²) in [4.78, 5) is 19.2. The second kappa shape index (κ2) is 8.37. The highest BCUT2D eigenvalue weighted by Gasteiger charge is 2.27. The highest BCUT2D eigenvalue weighted by Crippen LogP contribution is 2.35. The molecule has 2 aromatic carbocycles. The Hall–Kier alpha value is -3.82. The Kier molecular flexibility index (Phi) is 5.60. The second-order valence-electron chi connectivity index (χ2n) is 7.20. The first-order chi connectivity index (χ1) is 15.3. The summed E-state index contributed by atoms with van der Waals surface area (Å²) in [5.41, 5.74) is 3.74. The van der Waals surface area contributed by atoms with E-state index in [1.165, 1.54) is 12.1 Å². The van der Waals surface area contributed by atoms with Crippen molar-refractivity contribution < 1.29 is 13.2 Å². The lowest BCUT2D eigenvalue weighted by molar-refractivity contribution is 0.0984. The first-order valence-corrected chi connectivity index (χ1v) is 11.3.